The summed E-state index contributed by atoms with van der Waals surface area (Å²) in [5.74, 6) is 0.143. The highest BCUT2D eigenvalue weighted by Gasteiger charge is 2.19. The van der Waals surface area contributed by atoms with Crippen molar-refractivity contribution in [3.63, 3.8) is 0 Å². The highest BCUT2D eigenvalue weighted by molar-refractivity contribution is 8.00. The first-order chi connectivity index (χ1) is 12.2. The standard InChI is InChI=1S/C17H19N5O2S/c23-16-10-25-15-4-3-11(8-14(15)20-16)19-17(24)13-5-7-22(21-13)12-2-1-6-18-9-12/h3-5,7-8,12,18H,1-2,6,9-10H2,(H,19,24)(H,20,23). The minimum Gasteiger partial charge on any atom is -0.324 e. The SMILES string of the molecule is O=C1CSc2ccc(NC(=O)c3ccn(C4CCCNC4)n3)cc2N1. The molecule has 7 nitrogen and oxygen atoms in total. The van der Waals surface area contributed by atoms with Gasteiger partial charge in [0.25, 0.3) is 5.91 Å². The molecule has 1 aromatic heterocycles. The van der Waals surface area contributed by atoms with Crippen LogP contribution in [-0.4, -0.2) is 40.4 Å². The third-order valence-corrected chi connectivity index (χ3v) is 5.43. The van der Waals surface area contributed by atoms with Crippen LogP contribution in [0, 0.1) is 0 Å². The Hall–Kier alpha value is -2.32. The van der Waals surface area contributed by atoms with Gasteiger partial charge in [-0.2, -0.15) is 5.10 Å². The van der Waals surface area contributed by atoms with Crippen molar-refractivity contribution in [1.82, 2.24) is 15.1 Å². The smallest absolute Gasteiger partial charge is 0.276 e. The van der Waals surface area contributed by atoms with Gasteiger partial charge in [0.15, 0.2) is 5.69 Å². The molecule has 0 saturated carbocycles. The maximum Gasteiger partial charge on any atom is 0.276 e. The monoisotopic (exact) mass is 357 g/mol. The first kappa shape index (κ1) is 16.2. The van der Waals surface area contributed by atoms with Gasteiger partial charge >= 0.3 is 0 Å². The molecule has 1 atom stereocenters. The Kier molecular flexibility index (Phi) is 4.46. The van der Waals surface area contributed by atoms with Crippen molar-refractivity contribution >= 4 is 35.0 Å². The summed E-state index contributed by atoms with van der Waals surface area (Å²) in [5, 5.41) is 13.4. The van der Waals surface area contributed by atoms with E-state index in [1.165, 1.54) is 11.8 Å². The molecule has 1 fully saturated rings. The predicted molar refractivity (Wildman–Crippen MR) is 97.1 cm³/mol. The van der Waals surface area contributed by atoms with E-state index in [1.54, 1.807) is 12.1 Å². The van der Waals surface area contributed by atoms with Gasteiger partial charge in [-0.1, -0.05) is 0 Å². The van der Waals surface area contributed by atoms with Crippen LogP contribution >= 0.6 is 11.8 Å². The fraction of sp³-hybridized carbons (Fsp3) is 0.353. The highest BCUT2D eigenvalue weighted by atomic mass is 32.2. The molecular weight excluding hydrogens is 338 g/mol. The molecule has 8 heteroatoms. The van der Waals surface area contributed by atoms with Crippen molar-refractivity contribution in [2.24, 2.45) is 0 Å². The molecule has 25 heavy (non-hydrogen) atoms. The Morgan fingerprint density at radius 2 is 2.28 bits per heavy atom. The van der Waals surface area contributed by atoms with Gasteiger partial charge in [-0.05, 0) is 43.7 Å². The minimum atomic E-state index is -0.253. The van der Waals surface area contributed by atoms with Crippen LogP contribution in [0.1, 0.15) is 29.4 Å². The number of hydrogen-bond donors (Lipinski definition) is 3. The Bertz CT molecular complexity index is 813. The van der Waals surface area contributed by atoms with E-state index in [4.69, 9.17) is 0 Å². The number of hydrogen-bond acceptors (Lipinski definition) is 5. The van der Waals surface area contributed by atoms with Crippen LogP contribution in [0.25, 0.3) is 0 Å². The van der Waals surface area contributed by atoms with Gasteiger partial charge in [-0.25, -0.2) is 0 Å². The lowest BCUT2D eigenvalue weighted by molar-refractivity contribution is -0.113. The van der Waals surface area contributed by atoms with Crippen LogP contribution in [0.15, 0.2) is 35.4 Å². The first-order valence-electron chi connectivity index (χ1n) is 8.33. The number of nitrogens with one attached hydrogen (secondary N) is 3. The molecule has 2 aliphatic rings. The lowest BCUT2D eigenvalue weighted by Crippen LogP contribution is -2.32. The number of anilines is 2. The largest absolute Gasteiger partial charge is 0.324 e. The summed E-state index contributed by atoms with van der Waals surface area (Å²) in [5.41, 5.74) is 1.76. The van der Waals surface area contributed by atoms with Crippen LogP contribution in [0.5, 0.6) is 0 Å². The van der Waals surface area contributed by atoms with Crippen molar-refractivity contribution in [1.29, 1.82) is 0 Å². The number of benzene rings is 1. The van der Waals surface area contributed by atoms with Gasteiger partial charge in [-0.15, -0.1) is 11.8 Å². The Morgan fingerprint density at radius 1 is 1.36 bits per heavy atom. The highest BCUT2D eigenvalue weighted by Crippen LogP contribution is 2.33. The quantitative estimate of drug-likeness (QED) is 0.783. The molecular formula is C17H19N5O2S. The van der Waals surface area contributed by atoms with Gasteiger partial charge in [0.1, 0.15) is 0 Å². The van der Waals surface area contributed by atoms with E-state index in [0.29, 0.717) is 23.2 Å². The fourth-order valence-electron chi connectivity index (χ4n) is 3.08. The van der Waals surface area contributed by atoms with Crippen LogP contribution in [0.3, 0.4) is 0 Å². The van der Waals surface area contributed by atoms with Gasteiger partial charge in [-0.3, -0.25) is 14.3 Å². The van der Waals surface area contributed by atoms with Gasteiger partial charge in [0.05, 0.1) is 17.5 Å². The number of fused-ring (bicyclic) bond motifs is 1. The Labute approximate surface area is 149 Å². The molecule has 3 N–H and O–H groups in total. The average Bonchev–Trinajstić information content (AvgIpc) is 3.12. The third kappa shape index (κ3) is 3.54. The second kappa shape index (κ2) is 6.89. The summed E-state index contributed by atoms with van der Waals surface area (Å²) in [4.78, 5) is 25.0. The van der Waals surface area contributed by atoms with Gasteiger partial charge in [0, 0.05) is 23.3 Å². The second-order valence-corrected chi connectivity index (χ2v) is 7.20. The van der Waals surface area contributed by atoms with Crippen LogP contribution in [0.4, 0.5) is 11.4 Å². The number of aromatic nitrogens is 2. The summed E-state index contributed by atoms with van der Waals surface area (Å²) in [6.07, 6.45) is 4.04. The Balaban J connectivity index is 1.46. The number of thioether (sulfide) groups is 1. The van der Waals surface area contributed by atoms with E-state index in [0.717, 1.165) is 36.5 Å². The van der Waals surface area contributed by atoms with E-state index < -0.39 is 0 Å². The number of nitrogens with zero attached hydrogens (tertiary/aromatic N) is 2. The van der Waals surface area contributed by atoms with Crippen molar-refractivity contribution < 1.29 is 9.59 Å². The first-order valence-corrected chi connectivity index (χ1v) is 9.31. The number of rotatable bonds is 3. The van der Waals surface area contributed by atoms with Crippen molar-refractivity contribution in [3.8, 4) is 0 Å². The molecule has 2 aliphatic heterocycles. The predicted octanol–water partition coefficient (Wildman–Crippen LogP) is 2.10. The van der Waals surface area contributed by atoms with Crippen molar-refractivity contribution in [2.75, 3.05) is 29.5 Å². The maximum absolute atomic E-state index is 12.4. The molecule has 1 unspecified atom stereocenters. The zero-order valence-electron chi connectivity index (χ0n) is 13.6. The summed E-state index contributed by atoms with van der Waals surface area (Å²) in [6, 6.07) is 7.55. The lowest BCUT2D eigenvalue weighted by atomic mass is 10.1. The van der Waals surface area contributed by atoms with Crippen molar-refractivity contribution in [2.45, 2.75) is 23.8 Å². The summed E-state index contributed by atoms with van der Waals surface area (Å²) >= 11 is 1.49. The number of amides is 2. The molecule has 1 saturated heterocycles. The normalized spacial score (nSPS) is 19.8. The van der Waals surface area contributed by atoms with E-state index in [1.807, 2.05) is 23.0 Å². The number of carbonyl (C=O) groups is 2. The zero-order chi connectivity index (χ0) is 17.2. The molecule has 4 rings (SSSR count). The fourth-order valence-corrected chi connectivity index (χ4v) is 3.87. The molecule has 1 aromatic carbocycles. The van der Waals surface area contributed by atoms with Crippen LogP contribution in [0.2, 0.25) is 0 Å². The second-order valence-electron chi connectivity index (χ2n) is 6.18. The van der Waals surface area contributed by atoms with Crippen LogP contribution in [-0.2, 0) is 4.79 Å². The van der Waals surface area contributed by atoms with E-state index >= 15 is 0 Å². The molecule has 2 amide bonds. The molecule has 2 aromatic rings. The number of carbonyl (C=O) groups excluding carboxylic acids is 2. The van der Waals surface area contributed by atoms with E-state index in [-0.39, 0.29) is 11.8 Å². The van der Waals surface area contributed by atoms with Gasteiger partial charge in [0.2, 0.25) is 5.91 Å². The average molecular weight is 357 g/mol. The third-order valence-electron chi connectivity index (χ3n) is 4.36. The molecule has 0 aliphatic carbocycles. The summed E-state index contributed by atoms with van der Waals surface area (Å²) < 4.78 is 1.87. The number of piperidine rings is 1. The molecule has 0 radical (unpaired) electrons. The molecule has 3 heterocycles. The van der Waals surface area contributed by atoms with E-state index in [2.05, 4.69) is 21.0 Å². The van der Waals surface area contributed by atoms with Crippen LogP contribution < -0.4 is 16.0 Å². The van der Waals surface area contributed by atoms with E-state index in [9.17, 15) is 9.59 Å². The summed E-state index contributed by atoms with van der Waals surface area (Å²) in [6.45, 7) is 1.92. The lowest BCUT2D eigenvalue weighted by Gasteiger charge is -2.22. The summed E-state index contributed by atoms with van der Waals surface area (Å²) in [7, 11) is 0. The Morgan fingerprint density at radius 3 is 3.12 bits per heavy atom. The molecule has 0 bridgehead atoms. The molecule has 0 spiro atoms. The van der Waals surface area contributed by atoms with Gasteiger partial charge < -0.3 is 16.0 Å². The maximum atomic E-state index is 12.4. The molecule has 130 valence electrons. The topological polar surface area (TPSA) is 88.1 Å². The zero-order valence-corrected chi connectivity index (χ0v) is 14.4. The van der Waals surface area contributed by atoms with Crippen molar-refractivity contribution in [3.05, 3.63) is 36.2 Å². The minimum absolute atomic E-state index is 0.0270.